The van der Waals surface area contributed by atoms with Crippen LogP contribution in [0.25, 0.3) is 11.0 Å². The Kier molecular flexibility index (Phi) is 3.71. The zero-order chi connectivity index (χ0) is 15.0. The summed E-state index contributed by atoms with van der Waals surface area (Å²) in [6.45, 7) is 1.73. The highest BCUT2D eigenvalue weighted by atomic mass is 19.1. The zero-order valence-corrected chi connectivity index (χ0v) is 12.5. The highest BCUT2D eigenvalue weighted by molar-refractivity contribution is 5.83. The SMILES string of the molecule is COCc1cc2c(cc1N)nc(N1CCC[C@@H](F)C1)n2C. The summed E-state index contributed by atoms with van der Waals surface area (Å²) in [4.78, 5) is 6.65. The maximum Gasteiger partial charge on any atom is 0.206 e. The summed E-state index contributed by atoms with van der Waals surface area (Å²) in [5.41, 5.74) is 9.48. The molecule has 1 aliphatic rings. The number of rotatable bonds is 3. The molecular formula is C15H21FN4O. The molecule has 0 aliphatic carbocycles. The fourth-order valence-electron chi connectivity index (χ4n) is 2.96. The van der Waals surface area contributed by atoms with Crippen molar-refractivity contribution >= 4 is 22.7 Å². The largest absolute Gasteiger partial charge is 0.398 e. The van der Waals surface area contributed by atoms with Crippen LogP contribution in [0.3, 0.4) is 0 Å². The quantitative estimate of drug-likeness (QED) is 0.882. The molecule has 6 heteroatoms. The number of nitrogen functional groups attached to an aromatic ring is 1. The van der Waals surface area contributed by atoms with Crippen LogP contribution < -0.4 is 10.6 Å². The molecule has 2 heterocycles. The van der Waals surface area contributed by atoms with Gasteiger partial charge in [0.15, 0.2) is 0 Å². The van der Waals surface area contributed by atoms with E-state index in [-0.39, 0.29) is 0 Å². The number of nitrogens with zero attached hydrogens (tertiary/aromatic N) is 3. The number of imidazole rings is 1. The zero-order valence-electron chi connectivity index (χ0n) is 12.5. The van der Waals surface area contributed by atoms with Gasteiger partial charge in [-0.2, -0.15) is 0 Å². The third kappa shape index (κ3) is 2.55. The maximum atomic E-state index is 13.6. The molecule has 1 fully saturated rings. The lowest BCUT2D eigenvalue weighted by molar-refractivity contribution is 0.185. The molecule has 0 radical (unpaired) electrons. The third-order valence-corrected chi connectivity index (χ3v) is 4.06. The molecule has 1 saturated heterocycles. The van der Waals surface area contributed by atoms with Gasteiger partial charge in [0.2, 0.25) is 5.95 Å². The second-order valence-electron chi connectivity index (χ2n) is 5.63. The van der Waals surface area contributed by atoms with Crippen LogP contribution >= 0.6 is 0 Å². The minimum absolute atomic E-state index is 0.414. The molecule has 0 bridgehead atoms. The summed E-state index contributed by atoms with van der Waals surface area (Å²) in [5, 5.41) is 0. The van der Waals surface area contributed by atoms with E-state index in [1.807, 2.05) is 28.6 Å². The van der Waals surface area contributed by atoms with Crippen LogP contribution in [0.1, 0.15) is 18.4 Å². The van der Waals surface area contributed by atoms with Crippen molar-refractivity contribution in [2.24, 2.45) is 7.05 Å². The van der Waals surface area contributed by atoms with Crippen molar-refractivity contribution in [3.8, 4) is 0 Å². The van der Waals surface area contributed by atoms with Gasteiger partial charge in [-0.3, -0.25) is 0 Å². The number of ether oxygens (including phenoxy) is 1. The van der Waals surface area contributed by atoms with Crippen molar-refractivity contribution in [2.45, 2.75) is 25.6 Å². The number of fused-ring (bicyclic) bond motifs is 1. The Bertz CT molecular complexity index is 655. The van der Waals surface area contributed by atoms with Gasteiger partial charge in [0.05, 0.1) is 24.2 Å². The van der Waals surface area contributed by atoms with Crippen LogP contribution in [0.5, 0.6) is 0 Å². The normalized spacial score (nSPS) is 19.4. The maximum absolute atomic E-state index is 13.6. The molecular weight excluding hydrogens is 271 g/mol. The summed E-state index contributed by atoms with van der Waals surface area (Å²) in [5.74, 6) is 0.807. The smallest absolute Gasteiger partial charge is 0.206 e. The number of alkyl halides is 1. The molecule has 1 atom stereocenters. The van der Waals surface area contributed by atoms with E-state index >= 15 is 0 Å². The van der Waals surface area contributed by atoms with Crippen molar-refractivity contribution in [2.75, 3.05) is 30.8 Å². The molecule has 0 amide bonds. The minimum Gasteiger partial charge on any atom is -0.398 e. The van der Waals surface area contributed by atoms with Gasteiger partial charge < -0.3 is 19.9 Å². The van der Waals surface area contributed by atoms with Crippen LogP contribution in [-0.2, 0) is 18.4 Å². The van der Waals surface area contributed by atoms with Crippen LogP contribution in [0.15, 0.2) is 12.1 Å². The molecule has 21 heavy (non-hydrogen) atoms. The molecule has 1 aliphatic heterocycles. The van der Waals surface area contributed by atoms with Crippen molar-refractivity contribution in [3.05, 3.63) is 17.7 Å². The first kappa shape index (κ1) is 14.1. The summed E-state index contributed by atoms with van der Waals surface area (Å²) < 4.78 is 20.8. The predicted molar refractivity (Wildman–Crippen MR) is 82.2 cm³/mol. The number of anilines is 2. The summed E-state index contributed by atoms with van der Waals surface area (Å²) in [6, 6.07) is 3.87. The van der Waals surface area contributed by atoms with Crippen molar-refractivity contribution in [1.29, 1.82) is 0 Å². The van der Waals surface area contributed by atoms with Gasteiger partial charge in [-0.15, -0.1) is 0 Å². The van der Waals surface area contributed by atoms with E-state index in [4.69, 9.17) is 10.5 Å². The number of piperidine rings is 1. The molecule has 1 aromatic heterocycles. The number of nitrogens with two attached hydrogens (primary N) is 1. The average molecular weight is 292 g/mol. The van der Waals surface area contributed by atoms with Crippen molar-refractivity contribution in [1.82, 2.24) is 9.55 Å². The van der Waals surface area contributed by atoms with Gasteiger partial charge in [-0.05, 0) is 25.0 Å². The topological polar surface area (TPSA) is 56.3 Å². The molecule has 1 aromatic carbocycles. The highest BCUT2D eigenvalue weighted by Gasteiger charge is 2.23. The standard InChI is InChI=1S/C15H21FN4O/c1-19-14-6-10(9-21-2)12(17)7-13(14)18-15(19)20-5-3-4-11(16)8-20/h6-7,11H,3-5,8-9,17H2,1-2H3/t11-/m1/s1. The predicted octanol–water partition coefficient (Wildman–Crippen LogP) is 2.24. The Balaban J connectivity index is 2.02. The van der Waals surface area contributed by atoms with E-state index in [0.29, 0.717) is 25.3 Å². The molecule has 114 valence electrons. The molecule has 2 aromatic rings. The lowest BCUT2D eigenvalue weighted by atomic mass is 10.1. The number of hydrogen-bond acceptors (Lipinski definition) is 4. The third-order valence-electron chi connectivity index (χ3n) is 4.06. The molecule has 0 saturated carbocycles. The highest BCUT2D eigenvalue weighted by Crippen LogP contribution is 2.28. The Morgan fingerprint density at radius 1 is 1.48 bits per heavy atom. The number of hydrogen-bond donors (Lipinski definition) is 1. The fraction of sp³-hybridized carbons (Fsp3) is 0.533. The van der Waals surface area contributed by atoms with E-state index in [1.54, 1.807) is 7.11 Å². The second kappa shape index (κ2) is 5.52. The van der Waals surface area contributed by atoms with Gasteiger partial charge in [0, 0.05) is 32.0 Å². The Morgan fingerprint density at radius 2 is 2.29 bits per heavy atom. The lowest BCUT2D eigenvalue weighted by Gasteiger charge is -2.29. The number of benzene rings is 1. The summed E-state index contributed by atoms with van der Waals surface area (Å²) >= 11 is 0. The van der Waals surface area contributed by atoms with E-state index in [0.717, 1.165) is 35.5 Å². The number of aromatic nitrogens is 2. The Hall–Kier alpha value is -1.82. The second-order valence-corrected chi connectivity index (χ2v) is 5.63. The number of methoxy groups -OCH3 is 1. The van der Waals surface area contributed by atoms with Gasteiger partial charge in [-0.1, -0.05) is 0 Å². The van der Waals surface area contributed by atoms with E-state index in [2.05, 4.69) is 4.98 Å². The lowest BCUT2D eigenvalue weighted by Crippen LogP contribution is -2.37. The van der Waals surface area contributed by atoms with Gasteiger partial charge in [-0.25, -0.2) is 9.37 Å². The van der Waals surface area contributed by atoms with Crippen LogP contribution in [-0.4, -0.2) is 35.9 Å². The molecule has 2 N–H and O–H groups in total. The fourth-order valence-corrected chi connectivity index (χ4v) is 2.96. The van der Waals surface area contributed by atoms with Gasteiger partial charge in [0.1, 0.15) is 6.17 Å². The van der Waals surface area contributed by atoms with E-state index in [9.17, 15) is 4.39 Å². The first-order valence-corrected chi connectivity index (χ1v) is 7.23. The average Bonchev–Trinajstić information content (AvgIpc) is 2.76. The van der Waals surface area contributed by atoms with Crippen LogP contribution in [0.2, 0.25) is 0 Å². The van der Waals surface area contributed by atoms with Crippen molar-refractivity contribution < 1.29 is 9.13 Å². The first-order valence-electron chi connectivity index (χ1n) is 7.23. The van der Waals surface area contributed by atoms with Crippen LogP contribution in [0.4, 0.5) is 16.0 Å². The number of halogens is 1. The van der Waals surface area contributed by atoms with E-state index < -0.39 is 6.17 Å². The van der Waals surface area contributed by atoms with E-state index in [1.165, 1.54) is 0 Å². The van der Waals surface area contributed by atoms with Crippen molar-refractivity contribution in [3.63, 3.8) is 0 Å². The first-order chi connectivity index (χ1) is 10.1. The summed E-state index contributed by atoms with van der Waals surface area (Å²) in [7, 11) is 3.60. The molecule has 5 nitrogen and oxygen atoms in total. The number of aryl methyl sites for hydroxylation is 1. The molecule has 0 unspecified atom stereocenters. The van der Waals surface area contributed by atoms with Crippen LogP contribution in [0, 0.1) is 0 Å². The molecule has 0 spiro atoms. The minimum atomic E-state index is -0.771. The Labute approximate surface area is 123 Å². The molecule has 3 rings (SSSR count). The van der Waals surface area contributed by atoms with Gasteiger partial charge in [0.25, 0.3) is 0 Å². The van der Waals surface area contributed by atoms with Gasteiger partial charge >= 0.3 is 0 Å². The summed E-state index contributed by atoms with van der Waals surface area (Å²) in [6.07, 6.45) is 0.736. The Morgan fingerprint density at radius 3 is 3.00 bits per heavy atom. The monoisotopic (exact) mass is 292 g/mol.